The average Bonchev–Trinajstić information content (AvgIpc) is 2.03. The van der Waals surface area contributed by atoms with Gasteiger partial charge in [-0.3, -0.25) is 0 Å². The predicted octanol–water partition coefficient (Wildman–Crippen LogP) is 2.70. The fourth-order valence-corrected chi connectivity index (χ4v) is 1.04. The average molecular weight is 255 g/mol. The molecule has 6 heteroatoms. The van der Waals surface area contributed by atoms with Gasteiger partial charge in [-0.2, -0.15) is 13.2 Å². The molecule has 0 atom stereocenters. The molecule has 0 aromatic heterocycles. The summed E-state index contributed by atoms with van der Waals surface area (Å²) < 4.78 is 37.4. The Bertz CT molecular complexity index is 298. The Morgan fingerprint density at radius 1 is 1.31 bits per heavy atom. The highest BCUT2D eigenvalue weighted by atomic mass is 79.9. The lowest BCUT2D eigenvalue weighted by Crippen LogP contribution is -2.18. The minimum Gasteiger partial charge on any atom is -0.245 e. The molecule has 0 aliphatic rings. The highest BCUT2D eigenvalue weighted by Crippen LogP contribution is 2.31. The molecule has 0 fully saturated rings. The number of alkyl halides is 3. The maximum absolute atomic E-state index is 12.2. The molecule has 1 rings (SSSR count). The highest BCUT2D eigenvalue weighted by molar-refractivity contribution is 9.10. The molecule has 0 heterocycles. The molecule has 0 spiro atoms. The number of hydrazine groups is 1. The zero-order valence-electron chi connectivity index (χ0n) is 6.35. The summed E-state index contributed by atoms with van der Waals surface area (Å²) in [5.74, 6) is 5.21. The van der Waals surface area contributed by atoms with Crippen LogP contribution in [0.4, 0.5) is 18.9 Å². The quantitative estimate of drug-likeness (QED) is 0.475. The summed E-state index contributed by atoms with van der Waals surface area (Å²) in [6.07, 6.45) is -4.33. The highest BCUT2D eigenvalue weighted by Gasteiger charge is 2.30. The number of hydrogen-bond acceptors (Lipinski definition) is 2. The van der Waals surface area contributed by atoms with Gasteiger partial charge in [0, 0.05) is 0 Å². The molecule has 2 nitrogen and oxygen atoms in total. The molecule has 2 N–H and O–H groups in total. The van der Waals surface area contributed by atoms with E-state index in [1.807, 2.05) is 0 Å². The summed E-state index contributed by atoms with van der Waals surface area (Å²) in [5.41, 5.74) is -0.477. The van der Waals surface area contributed by atoms with E-state index in [9.17, 15) is 13.2 Å². The Kier molecular flexibility index (Phi) is 2.82. The molecule has 13 heavy (non-hydrogen) atoms. The summed E-state index contributed by atoms with van der Waals surface area (Å²) in [4.78, 5) is 0. The standard InChI is InChI=1S/C7H6BrF3N2/c8-13(12)6-3-1-2-5(4-6)7(9,10)11/h1-4H,12H2. The predicted molar refractivity (Wildman–Crippen MR) is 47.0 cm³/mol. The number of nitrogens with zero attached hydrogens (tertiary/aromatic N) is 1. The minimum absolute atomic E-state index is 0.245. The van der Waals surface area contributed by atoms with E-state index in [0.29, 0.717) is 0 Å². The van der Waals surface area contributed by atoms with E-state index < -0.39 is 11.7 Å². The van der Waals surface area contributed by atoms with Crippen LogP contribution in [-0.4, -0.2) is 0 Å². The molecule has 0 aliphatic heterocycles. The van der Waals surface area contributed by atoms with Gasteiger partial charge in [-0.05, 0) is 18.2 Å². The smallest absolute Gasteiger partial charge is 0.245 e. The molecule has 0 radical (unpaired) electrons. The number of rotatable bonds is 1. The van der Waals surface area contributed by atoms with Crippen LogP contribution in [0.5, 0.6) is 0 Å². The molecular weight excluding hydrogens is 249 g/mol. The normalized spacial score (nSPS) is 11.5. The fourth-order valence-electron chi connectivity index (χ4n) is 0.815. The molecule has 1 aromatic rings. The molecule has 0 unspecified atom stereocenters. The van der Waals surface area contributed by atoms with Crippen molar-refractivity contribution in [2.75, 3.05) is 4.03 Å². The molecule has 1 aromatic carbocycles. The fraction of sp³-hybridized carbons (Fsp3) is 0.143. The van der Waals surface area contributed by atoms with Gasteiger partial charge in [0.25, 0.3) is 0 Å². The van der Waals surface area contributed by atoms with Crippen LogP contribution in [-0.2, 0) is 6.18 Å². The van der Waals surface area contributed by atoms with Crippen LogP contribution >= 0.6 is 16.1 Å². The third-order valence-corrected chi connectivity index (χ3v) is 1.83. The van der Waals surface area contributed by atoms with Crippen LogP contribution in [0.15, 0.2) is 24.3 Å². The van der Waals surface area contributed by atoms with Crippen LogP contribution < -0.4 is 9.88 Å². The van der Waals surface area contributed by atoms with Crippen molar-refractivity contribution in [3.63, 3.8) is 0 Å². The van der Waals surface area contributed by atoms with E-state index in [2.05, 4.69) is 16.1 Å². The summed E-state index contributed by atoms with van der Waals surface area (Å²) in [7, 11) is 0. The second-order valence-corrected chi connectivity index (χ2v) is 3.12. The van der Waals surface area contributed by atoms with E-state index in [1.54, 1.807) is 0 Å². The van der Waals surface area contributed by atoms with E-state index in [0.717, 1.165) is 16.2 Å². The van der Waals surface area contributed by atoms with Gasteiger partial charge in [-0.25, -0.2) is 9.88 Å². The van der Waals surface area contributed by atoms with Gasteiger partial charge >= 0.3 is 6.18 Å². The molecule has 0 aliphatic carbocycles. The van der Waals surface area contributed by atoms with Crippen LogP contribution in [0.25, 0.3) is 0 Å². The second-order valence-electron chi connectivity index (χ2n) is 2.36. The van der Waals surface area contributed by atoms with Crippen molar-refractivity contribution in [2.24, 2.45) is 5.84 Å². The van der Waals surface area contributed by atoms with Crippen LogP contribution in [0.3, 0.4) is 0 Å². The Hall–Kier alpha value is -0.750. The lowest BCUT2D eigenvalue weighted by Gasteiger charge is -2.12. The Morgan fingerprint density at radius 3 is 2.38 bits per heavy atom. The largest absolute Gasteiger partial charge is 0.416 e. The summed E-state index contributed by atoms with van der Waals surface area (Å²) in [6.45, 7) is 0. The Morgan fingerprint density at radius 2 is 1.92 bits per heavy atom. The van der Waals surface area contributed by atoms with Crippen molar-refractivity contribution >= 4 is 21.8 Å². The van der Waals surface area contributed by atoms with E-state index in [4.69, 9.17) is 5.84 Å². The van der Waals surface area contributed by atoms with E-state index in [-0.39, 0.29) is 5.69 Å². The maximum atomic E-state index is 12.2. The lowest BCUT2D eigenvalue weighted by molar-refractivity contribution is -0.137. The topological polar surface area (TPSA) is 29.3 Å². The third-order valence-electron chi connectivity index (χ3n) is 1.42. The number of anilines is 1. The van der Waals surface area contributed by atoms with Gasteiger partial charge in [0.1, 0.15) is 0 Å². The van der Waals surface area contributed by atoms with Crippen LogP contribution in [0.1, 0.15) is 5.56 Å². The van der Waals surface area contributed by atoms with Crippen molar-refractivity contribution in [1.82, 2.24) is 0 Å². The third kappa shape index (κ3) is 2.60. The number of hydrogen-bond donors (Lipinski definition) is 1. The molecular formula is C7H6BrF3N2. The van der Waals surface area contributed by atoms with Crippen molar-refractivity contribution in [2.45, 2.75) is 6.18 Å². The molecule has 72 valence electrons. The Labute approximate surface area is 81.4 Å². The number of halogens is 4. The molecule has 0 bridgehead atoms. The molecule has 0 saturated heterocycles. The first kappa shape index (κ1) is 10.3. The summed E-state index contributed by atoms with van der Waals surface area (Å²) in [6, 6.07) is 4.69. The van der Waals surface area contributed by atoms with Crippen molar-refractivity contribution < 1.29 is 13.2 Å². The van der Waals surface area contributed by atoms with E-state index in [1.165, 1.54) is 12.1 Å². The van der Waals surface area contributed by atoms with Crippen LogP contribution in [0.2, 0.25) is 0 Å². The zero-order chi connectivity index (χ0) is 10.1. The number of nitrogens with two attached hydrogens (primary N) is 1. The summed E-state index contributed by atoms with van der Waals surface area (Å²) in [5, 5.41) is 0. The van der Waals surface area contributed by atoms with Crippen molar-refractivity contribution in [1.29, 1.82) is 0 Å². The van der Waals surface area contributed by atoms with Gasteiger partial charge in [0.2, 0.25) is 0 Å². The zero-order valence-corrected chi connectivity index (χ0v) is 7.93. The monoisotopic (exact) mass is 254 g/mol. The second kappa shape index (κ2) is 3.55. The first-order chi connectivity index (χ1) is 5.91. The molecule has 0 amide bonds. The first-order valence-electron chi connectivity index (χ1n) is 3.29. The van der Waals surface area contributed by atoms with Gasteiger partial charge in [0.15, 0.2) is 0 Å². The van der Waals surface area contributed by atoms with Gasteiger partial charge < -0.3 is 0 Å². The lowest BCUT2D eigenvalue weighted by atomic mass is 10.2. The van der Waals surface area contributed by atoms with E-state index >= 15 is 0 Å². The van der Waals surface area contributed by atoms with Gasteiger partial charge in [0.05, 0.1) is 27.4 Å². The summed E-state index contributed by atoms with van der Waals surface area (Å²) >= 11 is 2.83. The minimum atomic E-state index is -4.33. The number of benzene rings is 1. The van der Waals surface area contributed by atoms with Crippen molar-refractivity contribution in [3.05, 3.63) is 29.8 Å². The van der Waals surface area contributed by atoms with Crippen LogP contribution in [0, 0.1) is 0 Å². The van der Waals surface area contributed by atoms with Gasteiger partial charge in [-0.1, -0.05) is 6.07 Å². The van der Waals surface area contributed by atoms with Gasteiger partial charge in [-0.15, -0.1) is 0 Å². The van der Waals surface area contributed by atoms with Crippen molar-refractivity contribution in [3.8, 4) is 0 Å². The first-order valence-corrected chi connectivity index (χ1v) is 4.00. The maximum Gasteiger partial charge on any atom is 0.416 e. The Balaban J connectivity index is 3.06. The SMILES string of the molecule is NN(Br)c1cccc(C(F)(F)F)c1. The molecule has 0 saturated carbocycles.